The molecule has 1 aromatic carbocycles. The average molecular weight is 364 g/mol. The molecule has 7 nitrogen and oxygen atoms in total. The highest BCUT2D eigenvalue weighted by molar-refractivity contribution is 5.90. The van der Waals surface area contributed by atoms with Crippen LogP contribution >= 0.6 is 0 Å². The second kappa shape index (κ2) is 5.73. The molecule has 1 aliphatic carbocycles. The number of carbonyl (C=O) groups excluding carboxylic acids is 1. The van der Waals surface area contributed by atoms with Crippen molar-refractivity contribution in [3.8, 4) is 11.4 Å². The van der Waals surface area contributed by atoms with Crippen molar-refractivity contribution < 1.29 is 22.8 Å². The lowest BCUT2D eigenvalue weighted by molar-refractivity contribution is -0.00667. The van der Waals surface area contributed by atoms with E-state index < -0.39 is 12.3 Å². The van der Waals surface area contributed by atoms with Crippen molar-refractivity contribution in [1.82, 2.24) is 15.5 Å². The van der Waals surface area contributed by atoms with Crippen LogP contribution in [0.3, 0.4) is 0 Å². The van der Waals surface area contributed by atoms with Gasteiger partial charge in [0, 0.05) is 17.2 Å². The number of hydrogen-bond donors (Lipinski definition) is 2. The van der Waals surface area contributed by atoms with Crippen LogP contribution in [-0.4, -0.2) is 33.9 Å². The molecule has 2 fully saturated rings. The summed E-state index contributed by atoms with van der Waals surface area (Å²) in [6.45, 7) is 4.62. The Labute approximate surface area is 148 Å². The largest absolute Gasteiger partial charge is 0.373 e. The predicted molar refractivity (Wildman–Crippen MR) is 87.7 cm³/mol. The van der Waals surface area contributed by atoms with Crippen LogP contribution in [0.15, 0.2) is 28.8 Å². The highest BCUT2D eigenvalue weighted by Crippen LogP contribution is 2.57. The molecule has 2 atom stereocenters. The number of nitrogens with zero attached hydrogens (tertiary/aromatic N) is 2. The summed E-state index contributed by atoms with van der Waals surface area (Å²) in [5.41, 5.74) is 0.375. The molecule has 2 aromatic rings. The molecule has 1 saturated heterocycles. The lowest BCUT2D eigenvalue weighted by Gasteiger charge is -2.31. The molecule has 26 heavy (non-hydrogen) atoms. The number of hydrogen-bond acceptors (Lipinski definition) is 5. The minimum Gasteiger partial charge on any atom is -0.373 e. The zero-order chi connectivity index (χ0) is 18.5. The van der Waals surface area contributed by atoms with Crippen molar-refractivity contribution >= 4 is 11.7 Å². The molecular weight excluding hydrogens is 346 g/mol. The fourth-order valence-corrected chi connectivity index (χ4v) is 3.52. The predicted octanol–water partition coefficient (Wildman–Crippen LogP) is 3.36. The van der Waals surface area contributed by atoms with Crippen LogP contribution in [0, 0.1) is 5.92 Å². The van der Waals surface area contributed by atoms with Gasteiger partial charge in [-0.15, -0.1) is 0 Å². The first-order valence-electron chi connectivity index (χ1n) is 8.26. The van der Waals surface area contributed by atoms with Gasteiger partial charge in [-0.05, 0) is 44.5 Å². The van der Waals surface area contributed by atoms with Gasteiger partial charge >= 0.3 is 12.5 Å². The lowest BCUT2D eigenvalue weighted by Crippen LogP contribution is -2.52. The minimum absolute atomic E-state index is 0.0702. The van der Waals surface area contributed by atoms with Gasteiger partial charge in [-0.3, -0.25) is 0 Å². The van der Waals surface area contributed by atoms with E-state index in [2.05, 4.69) is 25.3 Å². The van der Waals surface area contributed by atoms with Gasteiger partial charge in [0.2, 0.25) is 5.82 Å². The number of rotatable bonds is 4. The lowest BCUT2D eigenvalue weighted by atomic mass is 9.96. The van der Waals surface area contributed by atoms with Crippen LogP contribution in [0.5, 0.6) is 0 Å². The zero-order valence-electron chi connectivity index (χ0n) is 14.3. The molecule has 1 aromatic heterocycles. The summed E-state index contributed by atoms with van der Waals surface area (Å²) >= 11 is 0. The van der Waals surface area contributed by atoms with Gasteiger partial charge in [0.25, 0.3) is 5.89 Å². The van der Waals surface area contributed by atoms with Crippen molar-refractivity contribution in [2.24, 2.45) is 5.92 Å². The molecule has 2 heterocycles. The number of aromatic nitrogens is 2. The topological polar surface area (TPSA) is 89.3 Å². The molecule has 1 saturated carbocycles. The van der Waals surface area contributed by atoms with E-state index in [1.165, 1.54) is 0 Å². The summed E-state index contributed by atoms with van der Waals surface area (Å²) in [6, 6.07) is 6.23. The zero-order valence-corrected chi connectivity index (χ0v) is 14.3. The number of urea groups is 1. The molecule has 138 valence electrons. The number of amides is 2. The first kappa shape index (κ1) is 16.9. The van der Waals surface area contributed by atoms with Crippen molar-refractivity contribution in [1.29, 1.82) is 0 Å². The van der Waals surface area contributed by atoms with Gasteiger partial charge < -0.3 is 19.9 Å². The third-order valence-corrected chi connectivity index (χ3v) is 5.19. The Morgan fingerprint density at radius 2 is 2.04 bits per heavy atom. The SMILES string of the molecule is CC1(C)OCC2CC21NC(=O)Nc1ccc(-c2noc(C(F)F)n2)cc1. The summed E-state index contributed by atoms with van der Waals surface area (Å²) in [7, 11) is 0. The van der Waals surface area contributed by atoms with E-state index in [1.54, 1.807) is 24.3 Å². The van der Waals surface area contributed by atoms with Gasteiger partial charge in [0.1, 0.15) is 0 Å². The monoisotopic (exact) mass is 364 g/mol. The van der Waals surface area contributed by atoms with Gasteiger partial charge in [0.15, 0.2) is 0 Å². The van der Waals surface area contributed by atoms with E-state index >= 15 is 0 Å². The first-order chi connectivity index (χ1) is 12.3. The number of ether oxygens (including phenoxy) is 1. The molecule has 1 aliphatic heterocycles. The maximum Gasteiger partial charge on any atom is 0.319 e. The Morgan fingerprint density at radius 3 is 2.58 bits per heavy atom. The fourth-order valence-electron chi connectivity index (χ4n) is 3.52. The maximum atomic E-state index is 12.5. The standard InChI is InChI=1S/C17H18F2N4O3/c1-16(2)17(7-10(17)8-25-16)22-15(24)20-11-5-3-9(4-6-11)13-21-14(12(18)19)26-23-13/h3-6,10,12H,7-8H2,1-2H3,(H2,20,22,24). The van der Waals surface area contributed by atoms with E-state index in [0.29, 0.717) is 23.8 Å². The van der Waals surface area contributed by atoms with E-state index in [0.717, 1.165) is 6.42 Å². The van der Waals surface area contributed by atoms with Crippen LogP contribution in [-0.2, 0) is 4.74 Å². The summed E-state index contributed by atoms with van der Waals surface area (Å²) in [5.74, 6) is -0.296. The second-order valence-electron chi connectivity index (χ2n) is 7.11. The van der Waals surface area contributed by atoms with Crippen LogP contribution in [0.1, 0.15) is 32.6 Å². The summed E-state index contributed by atoms with van der Waals surface area (Å²) in [5, 5.41) is 9.32. The quantitative estimate of drug-likeness (QED) is 0.868. The van der Waals surface area contributed by atoms with Crippen molar-refractivity contribution in [3.63, 3.8) is 0 Å². The van der Waals surface area contributed by atoms with Crippen molar-refractivity contribution in [3.05, 3.63) is 30.2 Å². The molecule has 2 unspecified atom stereocenters. The van der Waals surface area contributed by atoms with Gasteiger partial charge in [-0.2, -0.15) is 13.8 Å². The number of nitrogens with one attached hydrogen (secondary N) is 2. The first-order valence-corrected chi connectivity index (χ1v) is 8.26. The van der Waals surface area contributed by atoms with E-state index in [-0.39, 0.29) is 23.0 Å². The van der Waals surface area contributed by atoms with Crippen molar-refractivity contribution in [2.75, 3.05) is 11.9 Å². The van der Waals surface area contributed by atoms with Crippen LogP contribution in [0.25, 0.3) is 11.4 Å². The summed E-state index contributed by atoms with van der Waals surface area (Å²) in [4.78, 5) is 15.9. The molecule has 0 radical (unpaired) electrons. The third-order valence-electron chi connectivity index (χ3n) is 5.19. The Morgan fingerprint density at radius 1 is 1.31 bits per heavy atom. The Hall–Kier alpha value is -2.55. The molecular formula is C17H18F2N4O3. The highest BCUT2D eigenvalue weighted by Gasteiger charge is 2.69. The molecule has 0 bridgehead atoms. The number of alkyl halides is 2. The van der Waals surface area contributed by atoms with Crippen molar-refractivity contribution in [2.45, 2.75) is 37.8 Å². The molecule has 2 aliphatic rings. The number of benzene rings is 1. The summed E-state index contributed by atoms with van der Waals surface area (Å²) in [6.07, 6.45) is -1.90. The van der Waals surface area contributed by atoms with E-state index in [9.17, 15) is 13.6 Å². The molecule has 2 N–H and O–H groups in total. The van der Waals surface area contributed by atoms with Crippen LogP contribution in [0.4, 0.5) is 19.3 Å². The fraction of sp³-hybridized carbons (Fsp3) is 0.471. The molecule has 2 amide bonds. The Kier molecular flexibility index (Phi) is 3.72. The van der Waals surface area contributed by atoms with Gasteiger partial charge in [0.05, 0.1) is 17.7 Å². The number of anilines is 1. The smallest absolute Gasteiger partial charge is 0.319 e. The highest BCUT2D eigenvalue weighted by atomic mass is 19.3. The third kappa shape index (κ3) is 2.72. The molecule has 0 spiro atoms. The number of fused-ring (bicyclic) bond motifs is 1. The normalized spacial score (nSPS) is 25.8. The Balaban J connectivity index is 1.40. The molecule has 4 rings (SSSR count). The van der Waals surface area contributed by atoms with Crippen LogP contribution < -0.4 is 10.6 Å². The Bertz CT molecular complexity index is 837. The van der Waals surface area contributed by atoms with E-state index in [4.69, 9.17) is 4.74 Å². The number of carbonyl (C=O) groups is 1. The van der Waals surface area contributed by atoms with Gasteiger partial charge in [-0.1, -0.05) is 5.16 Å². The van der Waals surface area contributed by atoms with Gasteiger partial charge in [-0.25, -0.2) is 4.79 Å². The maximum absolute atomic E-state index is 12.5. The minimum atomic E-state index is -2.81. The average Bonchev–Trinajstić information content (AvgIpc) is 2.98. The molecule has 9 heteroatoms. The number of halogens is 2. The van der Waals surface area contributed by atoms with E-state index in [1.807, 2.05) is 13.8 Å². The summed E-state index contributed by atoms with van der Waals surface area (Å²) < 4.78 is 35.2. The second-order valence-corrected chi connectivity index (χ2v) is 7.11. The van der Waals surface area contributed by atoms with Crippen LogP contribution in [0.2, 0.25) is 0 Å².